The highest BCUT2D eigenvalue weighted by Gasteiger charge is 2.22. The van der Waals surface area contributed by atoms with Crippen molar-refractivity contribution >= 4 is 23.4 Å². The maximum atomic E-state index is 12.0. The Kier molecular flexibility index (Phi) is 9.68. The van der Waals surface area contributed by atoms with Gasteiger partial charge in [-0.05, 0) is 64.8 Å². The molecule has 1 rings (SSSR count). The van der Waals surface area contributed by atoms with E-state index in [2.05, 4.69) is 0 Å². The maximum Gasteiger partial charge on any atom is 0.411 e. The van der Waals surface area contributed by atoms with E-state index in [0.717, 1.165) is 12.0 Å². The van der Waals surface area contributed by atoms with E-state index in [-0.39, 0.29) is 5.60 Å². The minimum atomic E-state index is -0.525. The zero-order valence-corrected chi connectivity index (χ0v) is 19.5. The lowest BCUT2D eigenvalue weighted by Crippen LogP contribution is -2.40. The van der Waals surface area contributed by atoms with Crippen LogP contribution in [0.4, 0.5) is 10.5 Å². The molecule has 0 bridgehead atoms. The van der Waals surface area contributed by atoms with Crippen LogP contribution < -0.4 is 5.73 Å². The van der Waals surface area contributed by atoms with Crippen molar-refractivity contribution in [1.82, 2.24) is 9.96 Å². The predicted molar refractivity (Wildman–Crippen MR) is 117 cm³/mol. The zero-order valence-electron chi connectivity index (χ0n) is 18.8. The Hall–Kier alpha value is -1.54. The van der Waals surface area contributed by atoms with Crippen molar-refractivity contribution in [1.29, 1.82) is 0 Å². The van der Waals surface area contributed by atoms with Gasteiger partial charge >= 0.3 is 6.09 Å². The molecule has 0 radical (unpaired) electrons. The monoisotopic (exact) mass is 429 g/mol. The molecular formula is C21H36ClN3O4. The van der Waals surface area contributed by atoms with Crippen molar-refractivity contribution < 1.29 is 19.1 Å². The van der Waals surface area contributed by atoms with Crippen LogP contribution in [0.1, 0.15) is 46.6 Å². The Morgan fingerprint density at radius 2 is 1.76 bits per heavy atom. The number of benzene rings is 1. The molecular weight excluding hydrogens is 394 g/mol. The minimum absolute atomic E-state index is 0.298. The Labute approximate surface area is 180 Å². The number of nitrogen functional groups attached to an aromatic ring is 1. The summed E-state index contributed by atoms with van der Waals surface area (Å²) in [6.45, 7) is 10.9. The molecule has 1 aromatic carbocycles. The van der Waals surface area contributed by atoms with Crippen LogP contribution in [-0.2, 0) is 20.7 Å². The first-order chi connectivity index (χ1) is 13.3. The summed E-state index contributed by atoms with van der Waals surface area (Å²) in [5.74, 6) is 0. The van der Waals surface area contributed by atoms with Crippen LogP contribution in [0.5, 0.6) is 0 Å². The number of hydrogen-bond donors (Lipinski definition) is 1. The first-order valence-corrected chi connectivity index (χ1v) is 10.1. The molecule has 0 atom stereocenters. The van der Waals surface area contributed by atoms with E-state index in [0.29, 0.717) is 37.0 Å². The van der Waals surface area contributed by atoms with Crippen molar-refractivity contribution in [2.24, 2.45) is 0 Å². The molecule has 0 fully saturated rings. The first kappa shape index (κ1) is 25.5. The van der Waals surface area contributed by atoms with Crippen molar-refractivity contribution in [3.8, 4) is 0 Å². The third-order valence-electron chi connectivity index (χ3n) is 4.00. The highest BCUT2D eigenvalue weighted by atomic mass is 35.5. The van der Waals surface area contributed by atoms with Crippen LogP contribution >= 0.6 is 11.6 Å². The van der Waals surface area contributed by atoms with Gasteiger partial charge in [-0.15, -0.1) is 0 Å². The predicted octanol–water partition coefficient (Wildman–Crippen LogP) is 4.34. The minimum Gasteiger partial charge on any atom is -0.444 e. The Morgan fingerprint density at radius 1 is 1.10 bits per heavy atom. The van der Waals surface area contributed by atoms with Crippen LogP contribution in [-0.4, -0.2) is 61.2 Å². The van der Waals surface area contributed by atoms with E-state index in [4.69, 9.17) is 31.6 Å². The van der Waals surface area contributed by atoms with Gasteiger partial charge < -0.3 is 15.2 Å². The number of carbonyl (C=O) groups is 1. The molecule has 0 aliphatic heterocycles. The molecule has 7 nitrogen and oxygen atoms in total. The normalized spacial score (nSPS) is 12.3. The molecule has 1 aromatic rings. The summed E-state index contributed by atoms with van der Waals surface area (Å²) in [7, 11) is 3.45. The topological polar surface area (TPSA) is 77.3 Å². The lowest BCUT2D eigenvalue weighted by Gasteiger charge is -2.29. The van der Waals surface area contributed by atoms with Crippen molar-refractivity contribution in [2.75, 3.05) is 39.7 Å². The van der Waals surface area contributed by atoms with Gasteiger partial charge in [0.25, 0.3) is 0 Å². The zero-order chi connectivity index (χ0) is 22.2. The summed E-state index contributed by atoms with van der Waals surface area (Å²) >= 11 is 6.03. The molecule has 0 heterocycles. The smallest absolute Gasteiger partial charge is 0.411 e. The number of halogens is 1. The van der Waals surface area contributed by atoms with E-state index in [9.17, 15) is 4.79 Å². The van der Waals surface area contributed by atoms with E-state index in [1.807, 2.05) is 46.8 Å². The third kappa shape index (κ3) is 11.3. The van der Waals surface area contributed by atoms with Gasteiger partial charge in [0.2, 0.25) is 0 Å². The second-order valence-electron chi connectivity index (χ2n) is 8.78. The van der Waals surface area contributed by atoms with E-state index >= 15 is 0 Å². The molecule has 1 amide bonds. The maximum absolute atomic E-state index is 12.0. The van der Waals surface area contributed by atoms with Gasteiger partial charge in [0.1, 0.15) is 5.60 Å². The summed E-state index contributed by atoms with van der Waals surface area (Å²) in [6, 6.07) is 5.53. The summed E-state index contributed by atoms with van der Waals surface area (Å²) in [6.07, 6.45) is 1.04. The van der Waals surface area contributed by atoms with Gasteiger partial charge in [0.05, 0.1) is 25.5 Å². The fourth-order valence-corrected chi connectivity index (χ4v) is 2.79. The highest BCUT2D eigenvalue weighted by molar-refractivity contribution is 6.30. The lowest BCUT2D eigenvalue weighted by atomic mass is 10.1. The van der Waals surface area contributed by atoms with Crippen LogP contribution in [0.2, 0.25) is 5.02 Å². The number of rotatable bonds is 10. The number of ether oxygens (including phenoxy) is 2. The van der Waals surface area contributed by atoms with Crippen LogP contribution in [0.15, 0.2) is 18.2 Å². The van der Waals surface area contributed by atoms with Gasteiger partial charge in [-0.25, -0.2) is 4.79 Å². The fraction of sp³-hybridized carbons (Fsp3) is 0.667. The van der Waals surface area contributed by atoms with Gasteiger partial charge in [-0.1, -0.05) is 11.6 Å². The SMILES string of the molecule is CN(CN(C)C(=O)OC(C)(C)C)OCCC(C)(C)OCCc1cc(N)cc(Cl)c1. The molecule has 8 heteroatoms. The molecule has 0 aliphatic carbocycles. The summed E-state index contributed by atoms with van der Waals surface area (Å²) < 4.78 is 11.3. The Balaban J connectivity index is 2.31. The largest absolute Gasteiger partial charge is 0.444 e. The second kappa shape index (κ2) is 11.0. The molecule has 0 aromatic heterocycles. The average molecular weight is 430 g/mol. The first-order valence-electron chi connectivity index (χ1n) is 9.74. The summed E-state index contributed by atoms with van der Waals surface area (Å²) in [4.78, 5) is 19.1. The number of amides is 1. The summed E-state index contributed by atoms with van der Waals surface area (Å²) in [5.41, 5.74) is 6.65. The van der Waals surface area contributed by atoms with E-state index in [1.165, 1.54) is 4.90 Å². The van der Waals surface area contributed by atoms with Gasteiger partial charge in [-0.3, -0.25) is 9.74 Å². The van der Waals surface area contributed by atoms with Crippen molar-refractivity contribution in [2.45, 2.75) is 58.7 Å². The van der Waals surface area contributed by atoms with Gasteiger partial charge in [0, 0.05) is 31.2 Å². The van der Waals surface area contributed by atoms with Gasteiger partial charge in [0.15, 0.2) is 0 Å². The fourth-order valence-electron chi connectivity index (χ4n) is 2.52. The molecule has 0 saturated heterocycles. The standard InChI is InChI=1S/C21H36ClN3O4/c1-20(2,3)29-19(26)24(6)15-25(7)28-11-9-21(4,5)27-10-8-16-12-17(22)14-18(23)13-16/h12-14H,8-11,15,23H2,1-7H3. The third-order valence-corrected chi connectivity index (χ3v) is 4.21. The highest BCUT2D eigenvalue weighted by Crippen LogP contribution is 2.19. The second-order valence-corrected chi connectivity index (χ2v) is 9.22. The number of nitrogens with zero attached hydrogens (tertiary/aromatic N) is 2. The average Bonchev–Trinajstić information content (AvgIpc) is 2.51. The van der Waals surface area contributed by atoms with E-state index < -0.39 is 11.7 Å². The Bertz CT molecular complexity index is 642. The Morgan fingerprint density at radius 3 is 2.34 bits per heavy atom. The van der Waals surface area contributed by atoms with Crippen molar-refractivity contribution in [3.05, 3.63) is 28.8 Å². The quantitative estimate of drug-likeness (QED) is 0.338. The number of hydroxylamine groups is 2. The van der Waals surface area contributed by atoms with E-state index in [1.54, 1.807) is 25.2 Å². The number of anilines is 1. The van der Waals surface area contributed by atoms with Gasteiger partial charge in [-0.2, -0.15) is 5.06 Å². The van der Waals surface area contributed by atoms with Crippen LogP contribution in [0, 0.1) is 0 Å². The van der Waals surface area contributed by atoms with Crippen LogP contribution in [0.3, 0.4) is 0 Å². The molecule has 166 valence electrons. The van der Waals surface area contributed by atoms with Crippen molar-refractivity contribution in [3.63, 3.8) is 0 Å². The molecule has 29 heavy (non-hydrogen) atoms. The molecule has 0 saturated carbocycles. The number of carbonyl (C=O) groups excluding carboxylic acids is 1. The molecule has 0 spiro atoms. The van der Waals surface area contributed by atoms with Crippen LogP contribution in [0.25, 0.3) is 0 Å². The number of hydrogen-bond acceptors (Lipinski definition) is 6. The molecule has 0 aliphatic rings. The summed E-state index contributed by atoms with van der Waals surface area (Å²) in [5, 5.41) is 2.24. The number of nitrogens with two attached hydrogens (primary N) is 1. The molecule has 0 unspecified atom stereocenters. The molecule has 2 N–H and O–H groups in total. The lowest BCUT2D eigenvalue weighted by molar-refractivity contribution is -0.172.